The van der Waals surface area contributed by atoms with Gasteiger partial charge in [-0.2, -0.15) is 0 Å². The van der Waals surface area contributed by atoms with Gasteiger partial charge in [-0.15, -0.1) is 0 Å². The summed E-state index contributed by atoms with van der Waals surface area (Å²) < 4.78 is 13.8. The maximum absolute atomic E-state index is 13.8. The van der Waals surface area contributed by atoms with Gasteiger partial charge in [-0.25, -0.2) is 4.39 Å². The second kappa shape index (κ2) is 6.22. The minimum absolute atomic E-state index is 0.168. The fraction of sp³-hybridized carbons (Fsp3) is 0.533. The second-order valence-electron chi connectivity index (χ2n) is 5.63. The first kappa shape index (κ1) is 14.8. The highest BCUT2D eigenvalue weighted by Gasteiger charge is 2.23. The number of likely N-dealkylation sites (tertiary alicyclic amines) is 1. The van der Waals surface area contributed by atoms with E-state index in [1.165, 1.54) is 18.2 Å². The maximum Gasteiger partial charge on any atom is 0.248 e. The number of amides is 1. The monoisotopic (exact) mass is 279 g/mol. The van der Waals surface area contributed by atoms with E-state index in [0.717, 1.165) is 25.9 Å². The van der Waals surface area contributed by atoms with E-state index in [9.17, 15) is 9.18 Å². The summed E-state index contributed by atoms with van der Waals surface area (Å²) in [6.45, 7) is 4.20. The minimum atomic E-state index is -0.542. The van der Waals surface area contributed by atoms with Crippen LogP contribution in [0.3, 0.4) is 0 Å². The highest BCUT2D eigenvalue weighted by atomic mass is 19.1. The predicted octanol–water partition coefficient (Wildman–Crippen LogP) is 2.07. The molecule has 1 fully saturated rings. The third-order valence-corrected chi connectivity index (χ3v) is 4.10. The number of halogens is 1. The molecule has 20 heavy (non-hydrogen) atoms. The van der Waals surface area contributed by atoms with Crippen LogP contribution < -0.4 is 11.1 Å². The van der Waals surface area contributed by atoms with E-state index in [1.54, 1.807) is 0 Å². The van der Waals surface area contributed by atoms with Crippen LogP contribution in [0.15, 0.2) is 18.2 Å². The molecular formula is C15H22FN3O. The lowest BCUT2D eigenvalue weighted by atomic mass is 9.90. The number of hydrogen-bond acceptors (Lipinski definition) is 3. The highest BCUT2D eigenvalue weighted by Crippen LogP contribution is 2.24. The van der Waals surface area contributed by atoms with Crippen LogP contribution in [-0.4, -0.2) is 37.0 Å². The van der Waals surface area contributed by atoms with E-state index >= 15 is 0 Å². The predicted molar refractivity (Wildman–Crippen MR) is 78.2 cm³/mol. The molecule has 1 atom stereocenters. The first-order valence-corrected chi connectivity index (χ1v) is 7.02. The average molecular weight is 279 g/mol. The van der Waals surface area contributed by atoms with E-state index < -0.39 is 5.91 Å². The molecule has 0 radical (unpaired) electrons. The van der Waals surface area contributed by atoms with Crippen molar-refractivity contribution in [2.75, 3.05) is 25.5 Å². The Labute approximate surface area is 119 Å². The first-order valence-electron chi connectivity index (χ1n) is 7.02. The van der Waals surface area contributed by atoms with E-state index in [1.807, 2.05) is 0 Å². The van der Waals surface area contributed by atoms with E-state index in [2.05, 4.69) is 24.2 Å². The zero-order chi connectivity index (χ0) is 14.7. The minimum Gasteiger partial charge on any atom is -0.380 e. The summed E-state index contributed by atoms with van der Waals surface area (Å²) >= 11 is 0. The van der Waals surface area contributed by atoms with Crippen molar-refractivity contribution in [2.24, 2.45) is 11.7 Å². The van der Waals surface area contributed by atoms with Gasteiger partial charge >= 0.3 is 0 Å². The van der Waals surface area contributed by atoms with E-state index in [-0.39, 0.29) is 11.9 Å². The van der Waals surface area contributed by atoms with Crippen LogP contribution in [-0.2, 0) is 0 Å². The zero-order valence-electron chi connectivity index (χ0n) is 12.0. The van der Waals surface area contributed by atoms with Gasteiger partial charge in [0.2, 0.25) is 5.91 Å². The summed E-state index contributed by atoms with van der Waals surface area (Å²) in [6, 6.07) is 4.34. The fourth-order valence-corrected chi connectivity index (χ4v) is 2.68. The Hall–Kier alpha value is -1.62. The van der Waals surface area contributed by atoms with Crippen molar-refractivity contribution in [3.8, 4) is 0 Å². The third-order valence-electron chi connectivity index (χ3n) is 4.10. The Balaban J connectivity index is 2.05. The number of hydrogen-bond donors (Lipinski definition) is 2. The van der Waals surface area contributed by atoms with Crippen molar-refractivity contribution < 1.29 is 9.18 Å². The molecule has 110 valence electrons. The highest BCUT2D eigenvalue weighted by molar-refractivity contribution is 5.93. The lowest BCUT2D eigenvalue weighted by Gasteiger charge is -2.33. The number of carbonyl (C=O) groups is 1. The lowest BCUT2D eigenvalue weighted by molar-refractivity contribution is 0.100. The lowest BCUT2D eigenvalue weighted by Crippen LogP contribution is -2.37. The number of rotatable bonds is 4. The van der Waals surface area contributed by atoms with Crippen molar-refractivity contribution in [2.45, 2.75) is 25.8 Å². The van der Waals surface area contributed by atoms with Gasteiger partial charge in [0.25, 0.3) is 0 Å². The Morgan fingerprint density at radius 2 is 2.10 bits per heavy atom. The van der Waals surface area contributed by atoms with Gasteiger partial charge in [0, 0.05) is 11.6 Å². The molecule has 1 saturated heterocycles. The Kier molecular flexibility index (Phi) is 4.60. The molecule has 1 unspecified atom stereocenters. The molecule has 0 saturated carbocycles. The summed E-state index contributed by atoms with van der Waals surface area (Å²) in [5.74, 6) is -0.377. The normalized spacial score (nSPS) is 18.8. The topological polar surface area (TPSA) is 58.4 Å². The summed E-state index contributed by atoms with van der Waals surface area (Å²) in [4.78, 5) is 13.5. The number of primary amides is 1. The molecule has 1 aromatic rings. The Morgan fingerprint density at radius 3 is 2.70 bits per heavy atom. The molecule has 0 aliphatic carbocycles. The van der Waals surface area contributed by atoms with Crippen LogP contribution in [0.4, 0.5) is 10.1 Å². The van der Waals surface area contributed by atoms with Gasteiger partial charge in [-0.3, -0.25) is 4.79 Å². The molecule has 0 spiro atoms. The van der Waals surface area contributed by atoms with Crippen LogP contribution in [0, 0.1) is 11.7 Å². The quantitative estimate of drug-likeness (QED) is 0.887. The second-order valence-corrected chi connectivity index (χ2v) is 5.63. The molecule has 4 nitrogen and oxygen atoms in total. The zero-order valence-corrected chi connectivity index (χ0v) is 12.0. The molecule has 3 N–H and O–H groups in total. The Morgan fingerprint density at radius 1 is 1.45 bits per heavy atom. The van der Waals surface area contributed by atoms with Gasteiger partial charge in [-0.05, 0) is 64.0 Å². The van der Waals surface area contributed by atoms with E-state index in [4.69, 9.17) is 5.73 Å². The van der Waals surface area contributed by atoms with E-state index in [0.29, 0.717) is 17.2 Å². The van der Waals surface area contributed by atoms with Crippen LogP contribution in [0.25, 0.3) is 0 Å². The third kappa shape index (κ3) is 3.48. The number of nitrogens with zero attached hydrogens (tertiary/aromatic N) is 1. The largest absolute Gasteiger partial charge is 0.380 e. The molecule has 5 heteroatoms. The van der Waals surface area contributed by atoms with Gasteiger partial charge in [0.05, 0.1) is 5.69 Å². The molecule has 1 amide bonds. The number of piperidine rings is 1. The number of carbonyl (C=O) groups excluding carboxylic acids is 1. The molecule has 0 bridgehead atoms. The summed E-state index contributed by atoms with van der Waals surface area (Å²) in [5, 5.41) is 3.19. The molecule has 2 rings (SSSR count). The molecular weight excluding hydrogens is 257 g/mol. The molecule has 1 heterocycles. The number of nitrogens with two attached hydrogens (primary N) is 1. The number of benzene rings is 1. The van der Waals surface area contributed by atoms with Crippen molar-refractivity contribution in [3.63, 3.8) is 0 Å². The first-order chi connectivity index (χ1) is 9.47. The molecule has 1 aliphatic rings. The van der Waals surface area contributed by atoms with Gasteiger partial charge in [0.1, 0.15) is 5.82 Å². The summed E-state index contributed by atoms with van der Waals surface area (Å²) in [6.07, 6.45) is 2.20. The van der Waals surface area contributed by atoms with Gasteiger partial charge < -0.3 is 16.0 Å². The number of nitrogens with one attached hydrogen (secondary N) is 1. The Bertz CT molecular complexity index is 484. The standard InChI is InChI=1S/C15H22FN3O/c1-10(11-5-7-19(2)8-6-11)18-14-9-12(15(17)20)3-4-13(14)16/h3-4,9-11,18H,5-8H2,1-2H3,(H2,17,20). The van der Waals surface area contributed by atoms with Crippen LogP contribution >= 0.6 is 0 Å². The fourth-order valence-electron chi connectivity index (χ4n) is 2.68. The van der Waals surface area contributed by atoms with Crippen molar-refractivity contribution >= 4 is 11.6 Å². The number of anilines is 1. The van der Waals surface area contributed by atoms with Gasteiger partial charge in [0.15, 0.2) is 0 Å². The van der Waals surface area contributed by atoms with Crippen molar-refractivity contribution in [1.82, 2.24) is 4.90 Å². The SMILES string of the molecule is CC(Nc1cc(C(N)=O)ccc1F)C1CCN(C)CC1. The maximum atomic E-state index is 13.8. The van der Waals surface area contributed by atoms with Crippen molar-refractivity contribution in [1.29, 1.82) is 0 Å². The van der Waals surface area contributed by atoms with Crippen LogP contribution in [0.1, 0.15) is 30.1 Å². The molecule has 1 aliphatic heterocycles. The van der Waals surface area contributed by atoms with Gasteiger partial charge in [-0.1, -0.05) is 0 Å². The summed E-state index contributed by atoms with van der Waals surface area (Å²) in [5.41, 5.74) is 5.90. The van der Waals surface area contributed by atoms with Crippen molar-refractivity contribution in [3.05, 3.63) is 29.6 Å². The average Bonchev–Trinajstić information content (AvgIpc) is 2.41. The smallest absolute Gasteiger partial charge is 0.248 e. The molecule has 1 aromatic carbocycles. The molecule has 0 aromatic heterocycles. The van der Waals surface area contributed by atoms with Crippen LogP contribution in [0.2, 0.25) is 0 Å². The van der Waals surface area contributed by atoms with Crippen LogP contribution in [0.5, 0.6) is 0 Å². The summed E-state index contributed by atoms with van der Waals surface area (Å²) in [7, 11) is 2.12.